The Balaban J connectivity index is 3.10. The highest BCUT2D eigenvalue weighted by Gasteiger charge is 2.14. The lowest BCUT2D eigenvalue weighted by atomic mass is 10.2. The Morgan fingerprint density at radius 2 is 2.06 bits per heavy atom. The van der Waals surface area contributed by atoms with E-state index in [2.05, 4.69) is 27.2 Å². The van der Waals surface area contributed by atoms with Crippen LogP contribution in [-0.4, -0.2) is 34.8 Å². The summed E-state index contributed by atoms with van der Waals surface area (Å²) in [4.78, 5) is 11.0. The van der Waals surface area contributed by atoms with E-state index < -0.39 is 0 Å². The molecule has 0 bridgehead atoms. The minimum Gasteiger partial charge on any atom is -0.396 e. The van der Waals surface area contributed by atoms with Crippen molar-refractivity contribution in [3.8, 4) is 0 Å². The van der Waals surface area contributed by atoms with Crippen molar-refractivity contribution in [1.29, 1.82) is 0 Å². The zero-order valence-corrected chi connectivity index (χ0v) is 11.4. The molecule has 6 nitrogen and oxygen atoms in total. The molecule has 0 aliphatic heterocycles. The quantitative estimate of drug-likeness (QED) is 0.493. The monoisotopic (exact) mass is 253 g/mol. The van der Waals surface area contributed by atoms with Gasteiger partial charge in [-0.1, -0.05) is 6.92 Å². The molecule has 102 valence electrons. The SMILES string of the molecule is CCc1nc(NN)c(C)c(N(CC)CCCO)n1. The van der Waals surface area contributed by atoms with Crippen LogP contribution < -0.4 is 16.2 Å². The number of aliphatic hydroxyl groups is 1. The topological polar surface area (TPSA) is 87.3 Å². The molecule has 0 spiro atoms. The third-order valence-electron chi connectivity index (χ3n) is 2.89. The predicted octanol–water partition coefficient (Wildman–Crippen LogP) is 0.842. The number of anilines is 2. The maximum Gasteiger partial charge on any atom is 0.148 e. The molecule has 0 unspecified atom stereocenters. The van der Waals surface area contributed by atoms with Crippen molar-refractivity contribution < 1.29 is 5.11 Å². The first kappa shape index (κ1) is 14.7. The van der Waals surface area contributed by atoms with Crippen molar-refractivity contribution >= 4 is 11.6 Å². The van der Waals surface area contributed by atoms with Crippen LogP contribution in [0.1, 0.15) is 31.7 Å². The Kier molecular flexibility index (Phi) is 5.80. The fraction of sp³-hybridized carbons (Fsp3) is 0.667. The second-order valence-electron chi connectivity index (χ2n) is 4.09. The van der Waals surface area contributed by atoms with Crippen molar-refractivity contribution in [3.05, 3.63) is 11.4 Å². The summed E-state index contributed by atoms with van der Waals surface area (Å²) in [6, 6.07) is 0. The zero-order chi connectivity index (χ0) is 13.5. The van der Waals surface area contributed by atoms with Crippen LogP contribution >= 0.6 is 0 Å². The van der Waals surface area contributed by atoms with Crippen molar-refractivity contribution in [1.82, 2.24) is 9.97 Å². The molecule has 0 saturated carbocycles. The maximum absolute atomic E-state index is 8.94. The summed E-state index contributed by atoms with van der Waals surface area (Å²) < 4.78 is 0. The van der Waals surface area contributed by atoms with Gasteiger partial charge in [0, 0.05) is 31.7 Å². The number of aromatic nitrogens is 2. The van der Waals surface area contributed by atoms with Gasteiger partial charge in [0.05, 0.1) is 0 Å². The second kappa shape index (κ2) is 7.13. The molecule has 6 heteroatoms. The summed E-state index contributed by atoms with van der Waals surface area (Å²) in [5, 5.41) is 8.94. The first-order valence-corrected chi connectivity index (χ1v) is 6.37. The number of nitrogens with one attached hydrogen (secondary N) is 1. The highest BCUT2D eigenvalue weighted by atomic mass is 16.3. The molecule has 1 aromatic rings. The third-order valence-corrected chi connectivity index (χ3v) is 2.89. The van der Waals surface area contributed by atoms with Gasteiger partial charge in [0.25, 0.3) is 0 Å². The van der Waals surface area contributed by atoms with Crippen molar-refractivity contribution in [2.45, 2.75) is 33.6 Å². The fourth-order valence-corrected chi connectivity index (χ4v) is 1.83. The number of rotatable bonds is 7. The Hall–Kier alpha value is -1.40. The molecule has 1 heterocycles. The molecule has 0 saturated heterocycles. The van der Waals surface area contributed by atoms with E-state index in [9.17, 15) is 0 Å². The lowest BCUT2D eigenvalue weighted by molar-refractivity contribution is 0.289. The van der Waals surface area contributed by atoms with E-state index >= 15 is 0 Å². The largest absolute Gasteiger partial charge is 0.396 e. The molecular weight excluding hydrogens is 230 g/mol. The van der Waals surface area contributed by atoms with Gasteiger partial charge in [-0.3, -0.25) is 0 Å². The van der Waals surface area contributed by atoms with E-state index in [-0.39, 0.29) is 6.61 Å². The van der Waals surface area contributed by atoms with E-state index in [4.69, 9.17) is 10.9 Å². The molecular formula is C12H23N5O. The number of hydrogen-bond acceptors (Lipinski definition) is 6. The highest BCUT2D eigenvalue weighted by Crippen LogP contribution is 2.23. The molecule has 0 atom stereocenters. The lowest BCUT2D eigenvalue weighted by Gasteiger charge is -2.24. The van der Waals surface area contributed by atoms with E-state index in [0.717, 1.165) is 43.1 Å². The van der Waals surface area contributed by atoms with E-state index in [1.807, 2.05) is 13.8 Å². The van der Waals surface area contributed by atoms with E-state index in [1.165, 1.54) is 0 Å². The summed E-state index contributed by atoms with van der Waals surface area (Å²) in [5.74, 6) is 7.82. The molecule has 0 radical (unpaired) electrons. The first-order chi connectivity index (χ1) is 8.67. The Labute approximate surface area is 108 Å². The van der Waals surface area contributed by atoms with Crippen LogP contribution in [0.2, 0.25) is 0 Å². The number of nitrogen functional groups attached to an aromatic ring is 1. The summed E-state index contributed by atoms with van der Waals surface area (Å²) in [6.45, 7) is 7.83. The molecule has 0 aromatic carbocycles. The average molecular weight is 253 g/mol. The molecule has 0 fully saturated rings. The van der Waals surface area contributed by atoms with Gasteiger partial charge in [0.15, 0.2) is 0 Å². The summed E-state index contributed by atoms with van der Waals surface area (Å²) in [6.07, 6.45) is 1.49. The minimum atomic E-state index is 0.184. The molecule has 0 amide bonds. The van der Waals surface area contributed by atoms with Gasteiger partial charge >= 0.3 is 0 Å². The smallest absolute Gasteiger partial charge is 0.148 e. The number of nitrogens with zero attached hydrogens (tertiary/aromatic N) is 3. The van der Waals surface area contributed by atoms with Gasteiger partial charge in [0.1, 0.15) is 17.5 Å². The van der Waals surface area contributed by atoms with Gasteiger partial charge in [-0.25, -0.2) is 15.8 Å². The van der Waals surface area contributed by atoms with Crippen LogP contribution in [0.25, 0.3) is 0 Å². The fourth-order valence-electron chi connectivity index (χ4n) is 1.83. The molecule has 0 aliphatic rings. The molecule has 0 aliphatic carbocycles. The predicted molar refractivity (Wildman–Crippen MR) is 73.5 cm³/mol. The summed E-state index contributed by atoms with van der Waals surface area (Å²) in [7, 11) is 0. The number of hydrazine groups is 1. The first-order valence-electron chi connectivity index (χ1n) is 6.37. The summed E-state index contributed by atoms with van der Waals surface area (Å²) >= 11 is 0. The Morgan fingerprint density at radius 3 is 2.56 bits per heavy atom. The normalized spacial score (nSPS) is 10.5. The molecule has 1 aromatic heterocycles. The van der Waals surface area contributed by atoms with Crippen LogP contribution in [-0.2, 0) is 6.42 Å². The maximum atomic E-state index is 8.94. The van der Waals surface area contributed by atoms with Gasteiger partial charge < -0.3 is 15.4 Å². The van der Waals surface area contributed by atoms with Crippen molar-refractivity contribution in [2.24, 2.45) is 5.84 Å². The van der Waals surface area contributed by atoms with Crippen LogP contribution in [0.3, 0.4) is 0 Å². The van der Waals surface area contributed by atoms with Crippen molar-refractivity contribution in [3.63, 3.8) is 0 Å². The minimum absolute atomic E-state index is 0.184. The van der Waals surface area contributed by atoms with Gasteiger partial charge in [0.2, 0.25) is 0 Å². The zero-order valence-electron chi connectivity index (χ0n) is 11.4. The average Bonchev–Trinajstić information content (AvgIpc) is 2.41. The molecule has 18 heavy (non-hydrogen) atoms. The number of aryl methyl sites for hydroxylation is 1. The standard InChI is InChI=1S/C12H23N5O/c1-4-10-14-11(16-13)9(3)12(15-10)17(5-2)7-6-8-18/h18H,4-8,13H2,1-3H3,(H,14,15,16). The third kappa shape index (κ3) is 3.30. The van der Waals surface area contributed by atoms with Crippen molar-refractivity contribution in [2.75, 3.05) is 30.0 Å². The van der Waals surface area contributed by atoms with Crippen LogP contribution in [0.5, 0.6) is 0 Å². The van der Waals surface area contributed by atoms with E-state index in [1.54, 1.807) is 0 Å². The van der Waals surface area contributed by atoms with E-state index in [0.29, 0.717) is 5.82 Å². The Bertz CT molecular complexity index is 383. The second-order valence-corrected chi connectivity index (χ2v) is 4.09. The number of aliphatic hydroxyl groups excluding tert-OH is 1. The van der Waals surface area contributed by atoms with Crippen LogP contribution in [0.4, 0.5) is 11.6 Å². The van der Waals surface area contributed by atoms with Crippen LogP contribution in [0, 0.1) is 6.92 Å². The number of hydrogen-bond donors (Lipinski definition) is 3. The van der Waals surface area contributed by atoms with Gasteiger partial charge in [-0.05, 0) is 20.3 Å². The van der Waals surface area contributed by atoms with Crippen LogP contribution in [0.15, 0.2) is 0 Å². The Morgan fingerprint density at radius 1 is 1.33 bits per heavy atom. The highest BCUT2D eigenvalue weighted by molar-refractivity contribution is 5.58. The van der Waals surface area contributed by atoms with Gasteiger partial charge in [-0.2, -0.15) is 0 Å². The molecule has 1 rings (SSSR count). The summed E-state index contributed by atoms with van der Waals surface area (Å²) in [5.41, 5.74) is 3.56. The number of nitrogens with two attached hydrogens (primary N) is 1. The van der Waals surface area contributed by atoms with Gasteiger partial charge in [-0.15, -0.1) is 0 Å². The lowest BCUT2D eigenvalue weighted by Crippen LogP contribution is -2.28. The molecule has 4 N–H and O–H groups in total.